The Morgan fingerprint density at radius 3 is 2.60 bits per heavy atom. The quantitative estimate of drug-likeness (QED) is 0.827. The second kappa shape index (κ2) is 4.59. The molecule has 4 atom stereocenters. The maximum absolute atomic E-state index is 3.98. The molecule has 1 nitrogen and oxygen atoms in total. The van der Waals surface area contributed by atoms with Crippen LogP contribution in [0.3, 0.4) is 0 Å². The molecule has 1 heteroatoms. The van der Waals surface area contributed by atoms with Gasteiger partial charge >= 0.3 is 0 Å². The van der Waals surface area contributed by atoms with Crippen molar-refractivity contribution < 1.29 is 0 Å². The number of hydrogen-bond acceptors (Lipinski definition) is 1. The van der Waals surface area contributed by atoms with Gasteiger partial charge in [0.15, 0.2) is 0 Å². The fraction of sp³-hybridized carbons (Fsp3) is 0.684. The van der Waals surface area contributed by atoms with Crippen molar-refractivity contribution in [1.82, 2.24) is 5.32 Å². The lowest BCUT2D eigenvalue weighted by atomic mass is 9.68. The minimum absolute atomic E-state index is 0.436. The van der Waals surface area contributed by atoms with E-state index in [1.807, 2.05) is 0 Å². The monoisotopic (exact) mass is 271 g/mol. The van der Waals surface area contributed by atoms with Crippen LogP contribution in [0.1, 0.15) is 64.1 Å². The van der Waals surface area contributed by atoms with Gasteiger partial charge in [0.1, 0.15) is 0 Å². The van der Waals surface area contributed by atoms with E-state index in [1.54, 1.807) is 0 Å². The molecule has 0 saturated heterocycles. The molecular weight excluding hydrogens is 242 g/mol. The molecule has 2 saturated carbocycles. The highest BCUT2D eigenvalue weighted by atomic mass is 15.0. The molecule has 20 heavy (non-hydrogen) atoms. The van der Waals surface area contributed by atoms with Crippen LogP contribution >= 0.6 is 0 Å². The van der Waals surface area contributed by atoms with E-state index in [1.165, 1.54) is 30.4 Å². The number of rotatable bonds is 3. The first-order chi connectivity index (χ1) is 9.33. The van der Waals surface area contributed by atoms with Crippen LogP contribution in [0.4, 0.5) is 0 Å². The molecule has 0 radical (unpaired) electrons. The van der Waals surface area contributed by atoms with Crippen LogP contribution < -0.4 is 5.32 Å². The Balaban J connectivity index is 1.80. The van der Waals surface area contributed by atoms with E-state index < -0.39 is 0 Å². The van der Waals surface area contributed by atoms with Crippen LogP contribution in [0.25, 0.3) is 0 Å². The van der Waals surface area contributed by atoms with Crippen molar-refractivity contribution in [2.75, 3.05) is 0 Å². The second-order valence-electron chi connectivity index (χ2n) is 8.15. The van der Waals surface area contributed by atoms with Crippen molar-refractivity contribution in [3.63, 3.8) is 0 Å². The highest BCUT2D eigenvalue weighted by Gasteiger charge is 2.59. The van der Waals surface area contributed by atoms with Gasteiger partial charge in [-0.1, -0.05) is 50.6 Å². The molecule has 2 aliphatic carbocycles. The molecule has 0 amide bonds. The van der Waals surface area contributed by atoms with Gasteiger partial charge in [0.2, 0.25) is 0 Å². The van der Waals surface area contributed by atoms with Crippen LogP contribution in [-0.4, -0.2) is 6.04 Å². The number of benzene rings is 1. The van der Waals surface area contributed by atoms with Crippen LogP contribution in [0, 0.1) is 23.7 Å². The molecule has 2 bridgehead atoms. The lowest BCUT2D eigenvalue weighted by molar-refractivity contribution is 0.100. The summed E-state index contributed by atoms with van der Waals surface area (Å²) in [5.74, 6) is 0.912. The van der Waals surface area contributed by atoms with Gasteiger partial charge in [-0.15, -0.1) is 0 Å². The van der Waals surface area contributed by atoms with Crippen LogP contribution in [0.2, 0.25) is 0 Å². The molecule has 0 aliphatic heterocycles. The van der Waals surface area contributed by atoms with Gasteiger partial charge in [0, 0.05) is 12.1 Å². The minimum Gasteiger partial charge on any atom is -0.306 e. The first-order valence-corrected chi connectivity index (χ1v) is 8.15. The van der Waals surface area contributed by atoms with Gasteiger partial charge in [-0.2, -0.15) is 0 Å². The summed E-state index contributed by atoms with van der Waals surface area (Å²) in [5, 5.41) is 3.98. The normalized spacial score (nSPS) is 36.2. The average molecular weight is 271 g/mol. The molecule has 3 rings (SSSR count). The predicted molar refractivity (Wildman–Crippen MR) is 85.7 cm³/mol. The van der Waals surface area contributed by atoms with Crippen molar-refractivity contribution in [3.05, 3.63) is 35.4 Å². The number of fused-ring (bicyclic) bond motifs is 2. The molecule has 1 aromatic rings. The van der Waals surface area contributed by atoms with Gasteiger partial charge < -0.3 is 5.32 Å². The summed E-state index contributed by atoms with van der Waals surface area (Å²) < 4.78 is 0. The Bertz CT molecular complexity index is 499. The van der Waals surface area contributed by atoms with Crippen molar-refractivity contribution in [1.29, 1.82) is 0 Å². The molecule has 0 heterocycles. The fourth-order valence-electron chi connectivity index (χ4n) is 5.00. The SMILES string of the molecule is Cc1cccc([C@H](C)NC2C3(C)CCC(C3)C2(C)C)c1. The van der Waals surface area contributed by atoms with E-state index in [0.717, 1.165) is 5.92 Å². The molecule has 3 unspecified atom stereocenters. The zero-order valence-corrected chi connectivity index (χ0v) is 13.7. The van der Waals surface area contributed by atoms with E-state index in [2.05, 4.69) is 64.2 Å². The van der Waals surface area contributed by atoms with Crippen molar-refractivity contribution in [3.8, 4) is 0 Å². The summed E-state index contributed by atoms with van der Waals surface area (Å²) in [7, 11) is 0. The van der Waals surface area contributed by atoms with E-state index >= 15 is 0 Å². The molecule has 2 fully saturated rings. The Morgan fingerprint density at radius 2 is 2.00 bits per heavy atom. The lowest BCUT2D eigenvalue weighted by Crippen LogP contribution is -2.50. The van der Waals surface area contributed by atoms with Gasteiger partial charge in [-0.05, 0) is 55.4 Å². The molecule has 110 valence electrons. The fourth-order valence-corrected chi connectivity index (χ4v) is 5.00. The number of aryl methyl sites for hydroxylation is 1. The van der Waals surface area contributed by atoms with Crippen LogP contribution in [0.5, 0.6) is 0 Å². The Morgan fingerprint density at radius 1 is 1.25 bits per heavy atom. The molecule has 0 aromatic heterocycles. The summed E-state index contributed by atoms with van der Waals surface area (Å²) in [6, 6.07) is 10.0. The summed E-state index contributed by atoms with van der Waals surface area (Å²) >= 11 is 0. The zero-order chi connectivity index (χ0) is 14.5. The van der Waals surface area contributed by atoms with Gasteiger partial charge in [-0.3, -0.25) is 0 Å². The van der Waals surface area contributed by atoms with Gasteiger partial charge in [0.05, 0.1) is 0 Å². The molecule has 1 N–H and O–H groups in total. The first-order valence-electron chi connectivity index (χ1n) is 8.15. The second-order valence-corrected chi connectivity index (χ2v) is 8.15. The number of hydrogen-bond donors (Lipinski definition) is 1. The van der Waals surface area contributed by atoms with Crippen molar-refractivity contribution >= 4 is 0 Å². The summed E-state index contributed by atoms with van der Waals surface area (Å²) in [6.45, 7) is 12.0. The van der Waals surface area contributed by atoms with Gasteiger partial charge in [0.25, 0.3) is 0 Å². The molecule has 2 aliphatic rings. The van der Waals surface area contributed by atoms with Crippen LogP contribution in [-0.2, 0) is 0 Å². The van der Waals surface area contributed by atoms with E-state index in [0.29, 0.717) is 22.9 Å². The largest absolute Gasteiger partial charge is 0.306 e. The third-order valence-corrected chi connectivity index (χ3v) is 6.23. The van der Waals surface area contributed by atoms with E-state index in [9.17, 15) is 0 Å². The topological polar surface area (TPSA) is 12.0 Å². The summed E-state index contributed by atoms with van der Waals surface area (Å²) in [6.07, 6.45) is 4.25. The molecule has 0 spiro atoms. The Hall–Kier alpha value is -0.820. The van der Waals surface area contributed by atoms with Gasteiger partial charge in [-0.25, -0.2) is 0 Å². The molecular formula is C19H29N. The highest BCUT2D eigenvalue weighted by molar-refractivity contribution is 5.25. The van der Waals surface area contributed by atoms with E-state index in [-0.39, 0.29) is 0 Å². The zero-order valence-electron chi connectivity index (χ0n) is 13.7. The smallest absolute Gasteiger partial charge is 0.0294 e. The standard InChI is InChI=1S/C19H29N/c1-13-7-6-8-15(11-13)14(2)20-17-18(3,4)16-9-10-19(17,5)12-16/h6-8,11,14,16-17,20H,9-10,12H2,1-5H3/t14-,16?,17?,19?/m0/s1. The molecule has 1 aromatic carbocycles. The Kier molecular flexibility index (Phi) is 3.25. The third kappa shape index (κ3) is 2.11. The Labute approximate surface area is 124 Å². The summed E-state index contributed by atoms with van der Waals surface area (Å²) in [4.78, 5) is 0. The van der Waals surface area contributed by atoms with E-state index in [4.69, 9.17) is 0 Å². The van der Waals surface area contributed by atoms with Crippen molar-refractivity contribution in [2.45, 2.75) is 66.0 Å². The summed E-state index contributed by atoms with van der Waals surface area (Å²) in [5.41, 5.74) is 3.72. The predicted octanol–water partition coefficient (Wildman–Crippen LogP) is 4.86. The maximum atomic E-state index is 3.98. The maximum Gasteiger partial charge on any atom is 0.0294 e. The van der Waals surface area contributed by atoms with Crippen molar-refractivity contribution in [2.24, 2.45) is 16.7 Å². The minimum atomic E-state index is 0.436. The average Bonchev–Trinajstić information content (AvgIpc) is 2.85. The third-order valence-electron chi connectivity index (χ3n) is 6.23. The first kappa shape index (κ1) is 14.1. The highest BCUT2D eigenvalue weighted by Crippen LogP contribution is 2.62. The number of nitrogens with one attached hydrogen (secondary N) is 1. The van der Waals surface area contributed by atoms with Crippen LogP contribution in [0.15, 0.2) is 24.3 Å². The lowest BCUT2D eigenvalue weighted by Gasteiger charge is -2.44.